The lowest BCUT2D eigenvalue weighted by atomic mass is 9.89. The molecule has 76 valence electrons. The minimum Gasteiger partial charge on any atom is -0.478 e. The summed E-state index contributed by atoms with van der Waals surface area (Å²) in [7, 11) is 0. The van der Waals surface area contributed by atoms with Crippen molar-refractivity contribution in [2.45, 2.75) is 26.7 Å². The van der Waals surface area contributed by atoms with Gasteiger partial charge in [0.05, 0.1) is 5.56 Å². The van der Waals surface area contributed by atoms with Gasteiger partial charge in [0.25, 0.3) is 0 Å². The molecule has 1 aromatic rings. The molecule has 0 saturated carbocycles. The maximum atomic E-state index is 10.7. The number of aromatic carboxylic acids is 1. The Morgan fingerprint density at radius 3 is 2.43 bits per heavy atom. The second-order valence-corrected chi connectivity index (χ2v) is 3.96. The van der Waals surface area contributed by atoms with Crippen molar-refractivity contribution < 1.29 is 9.90 Å². The fourth-order valence-electron chi connectivity index (χ4n) is 1.34. The molecule has 0 aliphatic rings. The Kier molecular flexibility index (Phi) is 3.28. The smallest absolute Gasteiger partial charge is 0.335 e. The van der Waals surface area contributed by atoms with Crippen LogP contribution in [0.4, 0.5) is 0 Å². The zero-order chi connectivity index (χ0) is 10.7. The third-order valence-corrected chi connectivity index (χ3v) is 2.66. The molecular weight excluding hydrogens is 176 g/mol. The topological polar surface area (TPSA) is 37.3 Å². The van der Waals surface area contributed by atoms with Crippen LogP contribution in [0.1, 0.15) is 42.6 Å². The number of rotatable bonds is 3. The predicted molar refractivity (Wildman–Crippen MR) is 56.7 cm³/mol. The Balaban J connectivity index is 2.99. The molecule has 1 atom stereocenters. The van der Waals surface area contributed by atoms with Gasteiger partial charge in [-0.1, -0.05) is 32.9 Å². The van der Waals surface area contributed by atoms with Crippen molar-refractivity contribution in [1.82, 2.24) is 0 Å². The Hall–Kier alpha value is -1.31. The van der Waals surface area contributed by atoms with Crippen LogP contribution in [0.2, 0.25) is 0 Å². The van der Waals surface area contributed by atoms with Crippen LogP contribution in [0.25, 0.3) is 0 Å². The average molecular weight is 192 g/mol. The molecule has 0 saturated heterocycles. The zero-order valence-corrected chi connectivity index (χ0v) is 8.82. The summed E-state index contributed by atoms with van der Waals surface area (Å²) in [6.07, 6.45) is 0. The first kappa shape index (κ1) is 10.8. The highest BCUT2D eigenvalue weighted by atomic mass is 16.4. The molecule has 1 aromatic carbocycles. The van der Waals surface area contributed by atoms with E-state index in [0.29, 0.717) is 17.4 Å². The highest BCUT2D eigenvalue weighted by Crippen LogP contribution is 2.24. The van der Waals surface area contributed by atoms with E-state index in [1.807, 2.05) is 6.07 Å². The summed E-state index contributed by atoms with van der Waals surface area (Å²) >= 11 is 0. The number of carbonyl (C=O) groups is 1. The summed E-state index contributed by atoms with van der Waals surface area (Å²) in [5.74, 6) is 0.0659. The first-order chi connectivity index (χ1) is 6.52. The average Bonchev–Trinajstić information content (AvgIpc) is 2.16. The lowest BCUT2D eigenvalue weighted by Crippen LogP contribution is -2.04. The van der Waals surface area contributed by atoms with E-state index in [1.54, 1.807) is 18.2 Å². The van der Waals surface area contributed by atoms with Crippen LogP contribution >= 0.6 is 0 Å². The third-order valence-electron chi connectivity index (χ3n) is 2.66. The predicted octanol–water partition coefficient (Wildman–Crippen LogP) is 3.14. The van der Waals surface area contributed by atoms with Crippen molar-refractivity contribution in [1.29, 1.82) is 0 Å². The number of benzene rings is 1. The van der Waals surface area contributed by atoms with Gasteiger partial charge in [-0.05, 0) is 29.5 Å². The van der Waals surface area contributed by atoms with Gasteiger partial charge < -0.3 is 5.11 Å². The van der Waals surface area contributed by atoms with Crippen LogP contribution in [-0.4, -0.2) is 11.1 Å². The Morgan fingerprint density at radius 1 is 1.29 bits per heavy atom. The number of hydrogen-bond donors (Lipinski definition) is 1. The summed E-state index contributed by atoms with van der Waals surface area (Å²) in [6, 6.07) is 7.17. The van der Waals surface area contributed by atoms with E-state index >= 15 is 0 Å². The molecule has 0 bridgehead atoms. The molecule has 0 fully saturated rings. The summed E-state index contributed by atoms with van der Waals surface area (Å²) in [5, 5.41) is 8.83. The van der Waals surface area contributed by atoms with E-state index in [4.69, 9.17) is 5.11 Å². The largest absolute Gasteiger partial charge is 0.478 e. The molecule has 1 N–H and O–H groups in total. The van der Waals surface area contributed by atoms with E-state index in [-0.39, 0.29) is 0 Å². The Labute approximate surface area is 84.6 Å². The molecule has 1 rings (SSSR count). The fourth-order valence-corrected chi connectivity index (χ4v) is 1.34. The molecule has 0 heterocycles. The van der Waals surface area contributed by atoms with Crippen molar-refractivity contribution in [3.8, 4) is 0 Å². The van der Waals surface area contributed by atoms with Crippen molar-refractivity contribution >= 4 is 5.97 Å². The lowest BCUT2D eigenvalue weighted by molar-refractivity contribution is 0.0696. The standard InChI is InChI=1S/C12H16O2/c1-8(2)9(3)10-5-4-6-11(7-10)12(13)14/h4-9H,1-3H3,(H,13,14). The first-order valence-electron chi connectivity index (χ1n) is 4.85. The highest BCUT2D eigenvalue weighted by Gasteiger charge is 2.11. The van der Waals surface area contributed by atoms with E-state index in [9.17, 15) is 4.79 Å². The monoisotopic (exact) mass is 192 g/mol. The maximum absolute atomic E-state index is 10.7. The van der Waals surface area contributed by atoms with Crippen molar-refractivity contribution in [3.63, 3.8) is 0 Å². The summed E-state index contributed by atoms with van der Waals surface area (Å²) < 4.78 is 0. The molecule has 0 amide bonds. The second kappa shape index (κ2) is 4.27. The molecule has 0 spiro atoms. The van der Waals surface area contributed by atoms with Gasteiger partial charge in [-0.3, -0.25) is 0 Å². The Morgan fingerprint density at radius 2 is 1.93 bits per heavy atom. The fraction of sp³-hybridized carbons (Fsp3) is 0.417. The Bertz CT molecular complexity index is 329. The molecule has 2 heteroatoms. The molecule has 0 aliphatic heterocycles. The van der Waals surface area contributed by atoms with Gasteiger partial charge in [0.15, 0.2) is 0 Å². The van der Waals surface area contributed by atoms with Crippen LogP contribution in [-0.2, 0) is 0 Å². The lowest BCUT2D eigenvalue weighted by Gasteiger charge is -2.16. The van der Waals surface area contributed by atoms with Gasteiger partial charge >= 0.3 is 5.97 Å². The number of carboxylic acid groups (broad SMARTS) is 1. The SMILES string of the molecule is CC(C)C(C)c1cccc(C(=O)O)c1. The summed E-state index contributed by atoms with van der Waals surface area (Å²) in [4.78, 5) is 10.7. The van der Waals surface area contributed by atoms with E-state index in [0.717, 1.165) is 5.56 Å². The summed E-state index contributed by atoms with van der Waals surface area (Å²) in [6.45, 7) is 6.39. The number of carboxylic acids is 1. The highest BCUT2D eigenvalue weighted by molar-refractivity contribution is 5.87. The minimum absolute atomic E-state index is 0.370. The molecule has 2 nitrogen and oxygen atoms in total. The normalized spacial score (nSPS) is 12.9. The summed E-state index contributed by atoms with van der Waals surface area (Å²) in [5.41, 5.74) is 1.47. The van der Waals surface area contributed by atoms with Crippen molar-refractivity contribution in [3.05, 3.63) is 35.4 Å². The van der Waals surface area contributed by atoms with Crippen molar-refractivity contribution in [2.24, 2.45) is 5.92 Å². The molecule has 0 aromatic heterocycles. The van der Waals surface area contributed by atoms with Gasteiger partial charge in [-0.15, -0.1) is 0 Å². The second-order valence-electron chi connectivity index (χ2n) is 3.96. The van der Waals surface area contributed by atoms with Gasteiger partial charge in [0.1, 0.15) is 0 Å². The van der Waals surface area contributed by atoms with Gasteiger partial charge in [0.2, 0.25) is 0 Å². The molecule has 0 radical (unpaired) electrons. The van der Waals surface area contributed by atoms with Crippen LogP contribution in [0.15, 0.2) is 24.3 Å². The van der Waals surface area contributed by atoms with E-state index < -0.39 is 5.97 Å². The maximum Gasteiger partial charge on any atom is 0.335 e. The molecule has 0 aliphatic carbocycles. The zero-order valence-electron chi connectivity index (χ0n) is 8.82. The van der Waals surface area contributed by atoms with Crippen LogP contribution in [0.5, 0.6) is 0 Å². The molecule has 1 unspecified atom stereocenters. The molecule has 14 heavy (non-hydrogen) atoms. The minimum atomic E-state index is -0.859. The van der Waals surface area contributed by atoms with Crippen LogP contribution in [0.3, 0.4) is 0 Å². The number of hydrogen-bond acceptors (Lipinski definition) is 1. The molecular formula is C12H16O2. The van der Waals surface area contributed by atoms with E-state index in [2.05, 4.69) is 20.8 Å². The van der Waals surface area contributed by atoms with Crippen molar-refractivity contribution in [2.75, 3.05) is 0 Å². The van der Waals surface area contributed by atoms with Gasteiger partial charge in [0, 0.05) is 0 Å². The van der Waals surface area contributed by atoms with Gasteiger partial charge in [-0.2, -0.15) is 0 Å². The van der Waals surface area contributed by atoms with Crippen LogP contribution in [0, 0.1) is 5.92 Å². The van der Waals surface area contributed by atoms with E-state index in [1.165, 1.54) is 0 Å². The van der Waals surface area contributed by atoms with Crippen LogP contribution < -0.4 is 0 Å². The first-order valence-corrected chi connectivity index (χ1v) is 4.85. The third kappa shape index (κ3) is 2.34. The quantitative estimate of drug-likeness (QED) is 0.798. The van der Waals surface area contributed by atoms with Gasteiger partial charge in [-0.25, -0.2) is 4.79 Å².